The molecule has 0 unspecified atom stereocenters. The van der Waals surface area contributed by atoms with Gasteiger partial charge < -0.3 is 28.5 Å². The molecule has 0 spiro atoms. The zero-order valence-electron chi connectivity index (χ0n) is 28.0. The lowest BCUT2D eigenvalue weighted by molar-refractivity contribution is -0.134. The fourth-order valence-corrected chi connectivity index (χ4v) is 6.43. The summed E-state index contributed by atoms with van der Waals surface area (Å²) < 4.78 is 24.0. The lowest BCUT2D eigenvalue weighted by Gasteiger charge is -2.10. The average Bonchev–Trinajstić information content (AvgIpc) is 4.00. The second-order valence-electron chi connectivity index (χ2n) is 11.5. The summed E-state index contributed by atoms with van der Waals surface area (Å²) in [6.07, 6.45) is 1.52. The monoisotopic (exact) mass is 784 g/mol. The Balaban J connectivity index is 0.881. The molecule has 4 N–H and O–H groups in total. The topological polar surface area (TPSA) is 202 Å². The molecule has 0 aliphatic heterocycles. The third-order valence-electron chi connectivity index (χ3n) is 7.61. The maximum absolute atomic E-state index is 10.8. The first-order chi connectivity index (χ1) is 26.3. The number of halogens is 1. The Morgan fingerprint density at radius 1 is 0.704 bits per heavy atom. The molecule has 17 heteroatoms. The summed E-state index contributed by atoms with van der Waals surface area (Å²) in [7, 11) is 0. The smallest absolute Gasteiger partial charge is 0.313 e. The summed E-state index contributed by atoms with van der Waals surface area (Å²) in [5, 5.41) is 32.4. The van der Waals surface area contributed by atoms with Crippen LogP contribution in [0.3, 0.4) is 0 Å². The van der Waals surface area contributed by atoms with E-state index < -0.39 is 11.9 Å². The third-order valence-corrected chi connectivity index (χ3v) is 9.57. The Morgan fingerprint density at radius 2 is 1.30 bits per heavy atom. The Kier molecular flexibility index (Phi) is 11.3. The molecule has 0 radical (unpaired) electrons. The minimum Gasteiger partial charge on any atom is -0.492 e. The van der Waals surface area contributed by atoms with E-state index in [-0.39, 0.29) is 11.5 Å². The van der Waals surface area contributed by atoms with Crippen molar-refractivity contribution in [2.24, 2.45) is 0 Å². The highest BCUT2D eigenvalue weighted by Crippen LogP contribution is 2.34. The van der Waals surface area contributed by atoms with Gasteiger partial charge >= 0.3 is 11.9 Å². The molecule has 4 aromatic heterocycles. The molecule has 0 fully saturated rings. The number of nitrogens with one attached hydrogen (secondary N) is 2. The summed E-state index contributed by atoms with van der Waals surface area (Å²) in [4.78, 5) is 30.2. The first-order valence-corrected chi connectivity index (χ1v) is 18.6. The van der Waals surface area contributed by atoms with Crippen LogP contribution in [0.25, 0.3) is 45.8 Å². The van der Waals surface area contributed by atoms with E-state index in [0.717, 1.165) is 53.1 Å². The lowest BCUT2D eigenvalue weighted by Crippen LogP contribution is -2.00. The highest BCUT2D eigenvalue weighted by molar-refractivity contribution is 8.00. The number of nitrogens with zero attached hydrogens (tertiary/aromatic N) is 4. The highest BCUT2D eigenvalue weighted by atomic mass is 35.5. The van der Waals surface area contributed by atoms with Gasteiger partial charge in [0.15, 0.2) is 23.2 Å². The van der Waals surface area contributed by atoms with Gasteiger partial charge in [0.05, 0.1) is 23.1 Å². The number of rotatable bonds is 17. The quantitative estimate of drug-likeness (QED) is 0.0505. The summed E-state index contributed by atoms with van der Waals surface area (Å²) in [5.41, 5.74) is 2.70. The van der Waals surface area contributed by atoms with Gasteiger partial charge in [-0.05, 0) is 97.3 Å². The number of carboxylic acids is 2. The van der Waals surface area contributed by atoms with Crippen molar-refractivity contribution in [2.75, 3.05) is 18.1 Å². The van der Waals surface area contributed by atoms with Gasteiger partial charge in [-0.15, -0.1) is 10.2 Å². The van der Waals surface area contributed by atoms with Gasteiger partial charge in [-0.3, -0.25) is 19.8 Å². The Bertz CT molecular complexity index is 2390. The average molecular weight is 785 g/mol. The number of H-pyrrole nitrogens is 2. The number of aliphatic carboxylic acids is 2. The fourth-order valence-electron chi connectivity index (χ4n) is 5.15. The van der Waals surface area contributed by atoms with Crippen LogP contribution in [0.5, 0.6) is 17.2 Å². The van der Waals surface area contributed by atoms with Gasteiger partial charge in [-0.2, -0.15) is 9.97 Å². The van der Waals surface area contributed by atoms with Crippen LogP contribution >= 0.6 is 35.1 Å². The molecule has 0 aliphatic rings. The molecule has 7 aromatic rings. The minimum absolute atomic E-state index is 0.131. The largest absolute Gasteiger partial charge is 0.492 e. The number of hydrogen-bond donors (Lipinski definition) is 4. The molecule has 54 heavy (non-hydrogen) atoms. The standard InChI is InChI=1S/C37H29ClN6O8S2/c38-26-18-23(28-13-15-31(52-28)35-40-37(44-42-35)54-20-33(47)48)8-11-29(26)49-16-2-4-21-3-1-5-25(17-21)50-24-9-6-22(7-10-24)27-12-14-30(51-27)34-39-36(43-41-34)53-19-32(45)46/h1,3,5-15,17-18H,2,4,16,19-20H2,(H,45,46)(H,47,48)(H,39,41,43)(H,40,42,44). The van der Waals surface area contributed by atoms with E-state index in [1.165, 1.54) is 0 Å². The molecule has 0 saturated heterocycles. The van der Waals surface area contributed by atoms with Crippen molar-refractivity contribution in [3.05, 3.63) is 102 Å². The van der Waals surface area contributed by atoms with Gasteiger partial charge in [-0.1, -0.05) is 47.3 Å². The Morgan fingerprint density at radius 3 is 1.91 bits per heavy atom. The van der Waals surface area contributed by atoms with E-state index in [2.05, 4.69) is 30.4 Å². The van der Waals surface area contributed by atoms with Gasteiger partial charge in [0.1, 0.15) is 28.8 Å². The Hall–Kier alpha value is -5.97. The van der Waals surface area contributed by atoms with E-state index in [0.29, 0.717) is 73.9 Å². The summed E-state index contributed by atoms with van der Waals surface area (Å²) in [6, 6.07) is 28.0. The number of ether oxygens (including phenoxy) is 2. The molecule has 4 heterocycles. The van der Waals surface area contributed by atoms with Crippen LogP contribution in [0.1, 0.15) is 12.0 Å². The number of carbonyl (C=O) groups is 2. The first kappa shape index (κ1) is 36.4. The van der Waals surface area contributed by atoms with Crippen LogP contribution in [0.15, 0.2) is 110 Å². The van der Waals surface area contributed by atoms with Crippen molar-refractivity contribution in [2.45, 2.75) is 23.2 Å². The van der Waals surface area contributed by atoms with Crippen LogP contribution in [0, 0.1) is 0 Å². The van der Waals surface area contributed by atoms with Crippen molar-refractivity contribution >= 4 is 47.1 Å². The van der Waals surface area contributed by atoms with Crippen molar-refractivity contribution in [1.82, 2.24) is 30.4 Å². The van der Waals surface area contributed by atoms with Crippen LogP contribution in [-0.4, -0.2) is 70.6 Å². The molecular weight excluding hydrogens is 756 g/mol. The van der Waals surface area contributed by atoms with Crippen molar-refractivity contribution in [1.29, 1.82) is 0 Å². The van der Waals surface area contributed by atoms with Gasteiger partial charge in [-0.25, -0.2) is 0 Å². The van der Waals surface area contributed by atoms with E-state index in [9.17, 15) is 9.59 Å². The lowest BCUT2D eigenvalue weighted by atomic mass is 10.1. The predicted molar refractivity (Wildman–Crippen MR) is 201 cm³/mol. The maximum atomic E-state index is 10.8. The second-order valence-corrected chi connectivity index (χ2v) is 13.8. The number of carboxylic acid groups (broad SMARTS) is 2. The zero-order chi connectivity index (χ0) is 37.4. The molecule has 0 atom stereocenters. The summed E-state index contributed by atoms with van der Waals surface area (Å²) in [6.45, 7) is 0.458. The number of hydrogen-bond acceptors (Lipinski definition) is 12. The molecular formula is C37H29ClN6O8S2. The molecule has 0 bridgehead atoms. The Labute approximate surface area is 320 Å². The minimum atomic E-state index is -0.949. The van der Waals surface area contributed by atoms with E-state index in [4.69, 9.17) is 40.1 Å². The van der Waals surface area contributed by atoms with E-state index >= 15 is 0 Å². The molecule has 7 rings (SSSR count). The zero-order valence-corrected chi connectivity index (χ0v) is 30.4. The fraction of sp³-hybridized carbons (Fsp3) is 0.135. The van der Waals surface area contributed by atoms with Crippen molar-refractivity contribution in [3.8, 4) is 63.1 Å². The highest BCUT2D eigenvalue weighted by Gasteiger charge is 2.15. The van der Waals surface area contributed by atoms with E-state index in [1.54, 1.807) is 30.3 Å². The van der Waals surface area contributed by atoms with Crippen LogP contribution in [-0.2, 0) is 16.0 Å². The number of benzene rings is 3. The molecule has 274 valence electrons. The molecule has 14 nitrogen and oxygen atoms in total. The number of aromatic nitrogens is 6. The number of furan rings is 2. The van der Waals surface area contributed by atoms with Gasteiger partial charge in [0.25, 0.3) is 0 Å². The molecule has 3 aromatic carbocycles. The van der Waals surface area contributed by atoms with Crippen LogP contribution in [0.4, 0.5) is 0 Å². The van der Waals surface area contributed by atoms with Gasteiger partial charge in [0.2, 0.25) is 10.3 Å². The molecule has 0 aliphatic carbocycles. The van der Waals surface area contributed by atoms with Gasteiger partial charge in [0, 0.05) is 11.1 Å². The summed E-state index contributed by atoms with van der Waals surface area (Å²) >= 11 is 8.60. The maximum Gasteiger partial charge on any atom is 0.313 e. The number of aromatic amines is 2. The second kappa shape index (κ2) is 16.8. The van der Waals surface area contributed by atoms with E-state index in [1.807, 2.05) is 60.7 Å². The van der Waals surface area contributed by atoms with Crippen LogP contribution < -0.4 is 9.47 Å². The number of thioether (sulfide) groups is 2. The molecule has 0 amide bonds. The first-order valence-electron chi connectivity index (χ1n) is 16.3. The van der Waals surface area contributed by atoms with Crippen molar-refractivity contribution < 1.29 is 38.1 Å². The summed E-state index contributed by atoms with van der Waals surface area (Å²) in [5.74, 6) is 2.75. The predicted octanol–water partition coefficient (Wildman–Crippen LogP) is 8.59. The van der Waals surface area contributed by atoms with Crippen LogP contribution in [0.2, 0.25) is 5.02 Å². The SMILES string of the molecule is O=C(O)CSc1n[nH]c(-c2ccc(-c3ccc(Oc4cccc(CCCOc5ccc(-c6ccc(-c7nc(SCC(=O)O)n[nH]7)o6)cc5Cl)c4)cc3)o2)n1. The third kappa shape index (κ3) is 9.33. The van der Waals surface area contributed by atoms with Crippen molar-refractivity contribution in [3.63, 3.8) is 0 Å². The number of aryl methyl sites for hydroxylation is 1. The normalized spacial score (nSPS) is 11.1. The molecule has 0 saturated carbocycles.